The van der Waals surface area contributed by atoms with Crippen LogP contribution >= 0.6 is 23.2 Å². The van der Waals surface area contributed by atoms with Gasteiger partial charge >= 0.3 is 0 Å². The van der Waals surface area contributed by atoms with E-state index in [-0.39, 0.29) is 11.9 Å². The molecule has 1 unspecified atom stereocenters. The number of anilines is 1. The van der Waals surface area contributed by atoms with Crippen molar-refractivity contribution in [2.24, 2.45) is 0 Å². The molecule has 7 nitrogen and oxygen atoms in total. The van der Waals surface area contributed by atoms with Gasteiger partial charge in [-0.3, -0.25) is 14.8 Å². The van der Waals surface area contributed by atoms with Crippen LogP contribution in [0.25, 0.3) is 22.0 Å². The SMILES string of the molecule is O=C(NC1CCOc2ccccc21)c1cnc2c(-c3cc(Cl)cc(Cl)c3)cncc2c1N1CCOCC1. The van der Waals surface area contributed by atoms with Gasteiger partial charge in [0.15, 0.2) is 0 Å². The zero-order chi connectivity index (χ0) is 25.4. The van der Waals surface area contributed by atoms with Gasteiger partial charge in [-0.1, -0.05) is 41.4 Å². The Balaban J connectivity index is 1.45. The summed E-state index contributed by atoms with van der Waals surface area (Å²) in [5.74, 6) is 0.618. The highest BCUT2D eigenvalue weighted by atomic mass is 35.5. The molecule has 0 saturated carbocycles. The van der Waals surface area contributed by atoms with Gasteiger partial charge in [-0.2, -0.15) is 0 Å². The lowest BCUT2D eigenvalue weighted by molar-refractivity contribution is 0.0923. The van der Waals surface area contributed by atoms with Crippen molar-refractivity contribution in [3.8, 4) is 16.9 Å². The Morgan fingerprint density at radius 1 is 1.00 bits per heavy atom. The van der Waals surface area contributed by atoms with E-state index >= 15 is 0 Å². The van der Waals surface area contributed by atoms with Crippen LogP contribution in [0.5, 0.6) is 5.75 Å². The summed E-state index contributed by atoms with van der Waals surface area (Å²) in [7, 11) is 0. The molecule has 1 amide bonds. The average Bonchev–Trinajstić information content (AvgIpc) is 2.92. The minimum Gasteiger partial charge on any atom is -0.493 e. The first kappa shape index (κ1) is 24.0. The number of carbonyl (C=O) groups is 1. The third-order valence-corrected chi connectivity index (χ3v) is 7.20. The fourth-order valence-electron chi connectivity index (χ4n) is 5.04. The molecule has 2 aromatic carbocycles. The summed E-state index contributed by atoms with van der Waals surface area (Å²) in [5.41, 5.74) is 4.61. The number of fused-ring (bicyclic) bond motifs is 2. The fourth-order valence-corrected chi connectivity index (χ4v) is 5.57. The first-order chi connectivity index (χ1) is 18.1. The lowest BCUT2D eigenvalue weighted by Crippen LogP contribution is -2.39. The number of nitrogens with one attached hydrogen (secondary N) is 1. The van der Waals surface area contributed by atoms with Crippen LogP contribution in [0.1, 0.15) is 28.4 Å². The Morgan fingerprint density at radius 2 is 1.78 bits per heavy atom. The van der Waals surface area contributed by atoms with E-state index in [9.17, 15) is 4.79 Å². The van der Waals surface area contributed by atoms with Crippen LogP contribution < -0.4 is 15.0 Å². The van der Waals surface area contributed by atoms with Gasteiger partial charge in [-0.25, -0.2) is 0 Å². The van der Waals surface area contributed by atoms with E-state index in [1.54, 1.807) is 24.7 Å². The van der Waals surface area contributed by atoms with Crippen molar-refractivity contribution in [2.45, 2.75) is 12.5 Å². The van der Waals surface area contributed by atoms with Crippen LogP contribution in [-0.2, 0) is 4.74 Å². The lowest BCUT2D eigenvalue weighted by Gasteiger charge is -2.32. The number of nitrogens with zero attached hydrogens (tertiary/aromatic N) is 3. The number of ether oxygens (including phenoxy) is 2. The third-order valence-electron chi connectivity index (χ3n) is 6.76. The van der Waals surface area contributed by atoms with Crippen molar-refractivity contribution < 1.29 is 14.3 Å². The van der Waals surface area contributed by atoms with E-state index < -0.39 is 0 Å². The topological polar surface area (TPSA) is 76.6 Å². The smallest absolute Gasteiger partial charge is 0.255 e. The number of amides is 1. The fraction of sp³-hybridized carbons (Fsp3) is 0.250. The first-order valence-electron chi connectivity index (χ1n) is 12.2. The summed E-state index contributed by atoms with van der Waals surface area (Å²) in [4.78, 5) is 25.2. The predicted molar refractivity (Wildman–Crippen MR) is 145 cm³/mol. The molecule has 2 aliphatic rings. The monoisotopic (exact) mass is 534 g/mol. The average molecular weight is 535 g/mol. The van der Waals surface area contributed by atoms with Crippen LogP contribution in [0.3, 0.4) is 0 Å². The van der Waals surface area contributed by atoms with E-state index in [1.807, 2.05) is 36.4 Å². The molecule has 1 fully saturated rings. The molecular weight excluding hydrogens is 511 g/mol. The van der Waals surface area contributed by atoms with Crippen LogP contribution in [0.4, 0.5) is 5.69 Å². The molecule has 1 saturated heterocycles. The van der Waals surface area contributed by atoms with Gasteiger partial charge in [0, 0.05) is 64.7 Å². The molecule has 1 N–H and O–H groups in total. The molecule has 0 aliphatic carbocycles. The van der Waals surface area contributed by atoms with Gasteiger partial charge in [-0.15, -0.1) is 0 Å². The van der Waals surface area contributed by atoms with E-state index in [0.29, 0.717) is 54.9 Å². The number of para-hydroxylation sites is 1. The summed E-state index contributed by atoms with van der Waals surface area (Å²) in [6.45, 7) is 3.02. The normalized spacial score (nSPS) is 17.2. The number of carbonyl (C=O) groups excluding carboxylic acids is 1. The van der Waals surface area contributed by atoms with Crippen molar-refractivity contribution in [1.29, 1.82) is 0 Å². The zero-order valence-electron chi connectivity index (χ0n) is 19.9. The Hall–Kier alpha value is -3.39. The van der Waals surface area contributed by atoms with Crippen molar-refractivity contribution in [3.63, 3.8) is 0 Å². The van der Waals surface area contributed by atoms with E-state index in [4.69, 9.17) is 37.7 Å². The molecule has 4 aromatic rings. The number of aromatic nitrogens is 2. The van der Waals surface area contributed by atoms with Crippen molar-refractivity contribution >= 4 is 45.7 Å². The molecule has 0 radical (unpaired) electrons. The van der Waals surface area contributed by atoms with Crippen molar-refractivity contribution in [1.82, 2.24) is 15.3 Å². The largest absolute Gasteiger partial charge is 0.493 e. The maximum atomic E-state index is 13.8. The van der Waals surface area contributed by atoms with Crippen LogP contribution in [0.15, 0.2) is 61.1 Å². The maximum absolute atomic E-state index is 13.8. The Morgan fingerprint density at radius 3 is 2.59 bits per heavy atom. The quantitative estimate of drug-likeness (QED) is 0.362. The molecule has 2 aliphatic heterocycles. The molecule has 6 rings (SSSR count). The summed E-state index contributed by atoms with van der Waals surface area (Å²) in [6.07, 6.45) is 5.86. The summed E-state index contributed by atoms with van der Waals surface area (Å²) in [5, 5.41) is 5.07. The number of rotatable bonds is 4. The van der Waals surface area contributed by atoms with E-state index in [0.717, 1.165) is 39.0 Å². The minimum absolute atomic E-state index is 0.149. The van der Waals surface area contributed by atoms with Gasteiger partial charge in [0.05, 0.1) is 42.6 Å². The molecule has 37 heavy (non-hydrogen) atoms. The Kier molecular flexibility index (Phi) is 6.59. The highest BCUT2D eigenvalue weighted by Crippen LogP contribution is 2.37. The molecule has 9 heteroatoms. The minimum atomic E-state index is -0.186. The second-order valence-corrected chi connectivity index (χ2v) is 9.94. The summed E-state index contributed by atoms with van der Waals surface area (Å²) >= 11 is 12.6. The number of benzene rings is 2. The molecule has 2 aromatic heterocycles. The first-order valence-corrected chi connectivity index (χ1v) is 12.9. The predicted octanol–water partition coefficient (Wildman–Crippen LogP) is 5.69. The number of hydrogen-bond acceptors (Lipinski definition) is 6. The number of pyridine rings is 2. The van der Waals surface area contributed by atoms with Crippen molar-refractivity contribution in [2.75, 3.05) is 37.8 Å². The molecule has 4 heterocycles. The molecule has 188 valence electrons. The molecule has 0 spiro atoms. The molecule has 1 atom stereocenters. The van der Waals surface area contributed by atoms with Gasteiger partial charge in [0.2, 0.25) is 0 Å². The van der Waals surface area contributed by atoms with Crippen LogP contribution in [-0.4, -0.2) is 48.8 Å². The number of morpholine rings is 1. The second-order valence-electron chi connectivity index (χ2n) is 9.06. The zero-order valence-corrected chi connectivity index (χ0v) is 21.4. The lowest BCUT2D eigenvalue weighted by atomic mass is 9.99. The van der Waals surface area contributed by atoms with Crippen molar-refractivity contribution in [3.05, 3.63) is 82.2 Å². The van der Waals surface area contributed by atoms with E-state index in [2.05, 4.69) is 15.2 Å². The highest BCUT2D eigenvalue weighted by Gasteiger charge is 2.27. The molecule has 0 bridgehead atoms. The second kappa shape index (κ2) is 10.2. The standard InChI is InChI=1S/C28H24Cl2N4O3/c29-18-11-17(12-19(30)13-18)21-14-31-15-22-26(21)32-16-23(27(22)34-6-9-36-10-7-34)28(35)33-24-5-8-37-25-4-2-1-3-20(24)25/h1-4,11-16,24H,5-10H2,(H,33,35). The van der Waals surface area contributed by atoms with Crippen LogP contribution in [0.2, 0.25) is 10.0 Å². The summed E-state index contributed by atoms with van der Waals surface area (Å²) in [6, 6.07) is 13.0. The third kappa shape index (κ3) is 4.70. The number of halogens is 2. The number of hydrogen-bond donors (Lipinski definition) is 1. The van der Waals surface area contributed by atoms with Gasteiger partial charge < -0.3 is 19.7 Å². The molecular formula is C28H24Cl2N4O3. The Labute approximate surface area is 224 Å². The maximum Gasteiger partial charge on any atom is 0.255 e. The van der Waals surface area contributed by atoms with Crippen LogP contribution in [0, 0.1) is 0 Å². The Bertz CT molecular complexity index is 1470. The van der Waals surface area contributed by atoms with Gasteiger partial charge in [0.25, 0.3) is 5.91 Å². The van der Waals surface area contributed by atoms with E-state index in [1.165, 1.54) is 0 Å². The van der Waals surface area contributed by atoms with Gasteiger partial charge in [-0.05, 0) is 29.8 Å². The van der Waals surface area contributed by atoms with Gasteiger partial charge in [0.1, 0.15) is 5.75 Å². The summed E-state index contributed by atoms with van der Waals surface area (Å²) < 4.78 is 11.4. The highest BCUT2D eigenvalue weighted by molar-refractivity contribution is 6.35.